The summed E-state index contributed by atoms with van der Waals surface area (Å²) in [5.74, 6) is 1.60. The fourth-order valence-electron chi connectivity index (χ4n) is 4.25. The van der Waals surface area contributed by atoms with Crippen molar-refractivity contribution in [3.05, 3.63) is 48.3 Å². The Morgan fingerprint density at radius 1 is 0.966 bits per heavy atom. The number of pyridine rings is 1. The number of benzene rings is 1. The molecule has 1 aromatic carbocycles. The zero-order valence-electron chi connectivity index (χ0n) is 17.4. The molecule has 2 aliphatic heterocycles. The average Bonchev–Trinajstić information content (AvgIpc) is 2.79. The molecule has 0 spiro atoms. The van der Waals surface area contributed by atoms with Gasteiger partial charge in [-0.25, -0.2) is 4.98 Å². The Labute approximate surface area is 173 Å². The Morgan fingerprint density at radius 2 is 1.69 bits per heavy atom. The minimum Gasteiger partial charge on any atom is -0.497 e. The van der Waals surface area contributed by atoms with Crippen LogP contribution in [0.1, 0.15) is 30.3 Å². The van der Waals surface area contributed by atoms with Gasteiger partial charge in [-0.15, -0.1) is 0 Å². The molecule has 0 N–H and O–H groups in total. The molecule has 4 rings (SSSR count). The molecule has 2 aliphatic rings. The highest BCUT2D eigenvalue weighted by molar-refractivity contribution is 5.92. The Balaban J connectivity index is 1.34. The number of nitrogens with zero attached hydrogens (tertiary/aromatic N) is 4. The Kier molecular flexibility index (Phi) is 5.88. The average molecular weight is 395 g/mol. The van der Waals surface area contributed by atoms with Crippen LogP contribution in [-0.4, -0.2) is 62.2 Å². The van der Waals surface area contributed by atoms with Gasteiger partial charge in [-0.1, -0.05) is 6.92 Å². The lowest BCUT2D eigenvalue weighted by atomic mass is 10.00. The van der Waals surface area contributed by atoms with Crippen LogP contribution >= 0.6 is 0 Å². The molecule has 29 heavy (non-hydrogen) atoms. The van der Waals surface area contributed by atoms with Crippen LogP contribution < -0.4 is 14.5 Å². The van der Waals surface area contributed by atoms with Crippen molar-refractivity contribution in [2.75, 3.05) is 56.2 Å². The predicted octanol–water partition coefficient (Wildman–Crippen LogP) is 3.29. The summed E-state index contributed by atoms with van der Waals surface area (Å²) in [6.07, 6.45) is 4.38. The molecule has 6 nitrogen and oxygen atoms in total. The van der Waals surface area contributed by atoms with E-state index in [1.54, 1.807) is 7.11 Å². The fourth-order valence-corrected chi connectivity index (χ4v) is 4.25. The van der Waals surface area contributed by atoms with Crippen LogP contribution in [0.2, 0.25) is 0 Å². The van der Waals surface area contributed by atoms with Gasteiger partial charge in [0.2, 0.25) is 0 Å². The van der Waals surface area contributed by atoms with Gasteiger partial charge in [0.05, 0.1) is 19.0 Å². The van der Waals surface area contributed by atoms with Crippen molar-refractivity contribution < 1.29 is 9.53 Å². The summed E-state index contributed by atoms with van der Waals surface area (Å²) >= 11 is 0. The van der Waals surface area contributed by atoms with E-state index in [0.717, 1.165) is 43.3 Å². The van der Waals surface area contributed by atoms with Crippen LogP contribution in [0.25, 0.3) is 0 Å². The van der Waals surface area contributed by atoms with Gasteiger partial charge in [0.15, 0.2) is 0 Å². The molecule has 1 unspecified atom stereocenters. The van der Waals surface area contributed by atoms with E-state index in [9.17, 15) is 4.79 Å². The number of amides is 1. The molecular formula is C23H30N4O2. The van der Waals surface area contributed by atoms with Gasteiger partial charge in [0, 0.05) is 45.0 Å². The minimum absolute atomic E-state index is 0.0259. The lowest BCUT2D eigenvalue weighted by Gasteiger charge is -2.36. The lowest BCUT2D eigenvalue weighted by Crippen LogP contribution is -2.49. The van der Waals surface area contributed by atoms with Crippen molar-refractivity contribution >= 4 is 17.3 Å². The number of rotatable bonds is 4. The second-order valence-corrected chi connectivity index (χ2v) is 8.07. The third-order valence-corrected chi connectivity index (χ3v) is 5.99. The monoisotopic (exact) mass is 394 g/mol. The highest BCUT2D eigenvalue weighted by atomic mass is 16.5. The highest BCUT2D eigenvalue weighted by Crippen LogP contribution is 2.23. The number of anilines is 2. The smallest absolute Gasteiger partial charge is 0.272 e. The largest absolute Gasteiger partial charge is 0.497 e. The van der Waals surface area contributed by atoms with Gasteiger partial charge < -0.3 is 19.4 Å². The third kappa shape index (κ3) is 4.47. The van der Waals surface area contributed by atoms with E-state index in [-0.39, 0.29) is 5.91 Å². The Morgan fingerprint density at radius 3 is 2.31 bits per heavy atom. The zero-order valence-corrected chi connectivity index (χ0v) is 17.4. The van der Waals surface area contributed by atoms with Crippen molar-refractivity contribution in [3.8, 4) is 5.75 Å². The second kappa shape index (κ2) is 8.72. The molecule has 0 bridgehead atoms. The number of ether oxygens (including phenoxy) is 1. The van der Waals surface area contributed by atoms with E-state index in [0.29, 0.717) is 24.7 Å². The summed E-state index contributed by atoms with van der Waals surface area (Å²) in [6, 6.07) is 12.0. The van der Waals surface area contributed by atoms with Crippen molar-refractivity contribution in [1.29, 1.82) is 0 Å². The lowest BCUT2D eigenvalue weighted by molar-refractivity contribution is 0.0741. The van der Waals surface area contributed by atoms with Crippen molar-refractivity contribution in [2.45, 2.75) is 19.8 Å². The van der Waals surface area contributed by atoms with Crippen LogP contribution in [0.5, 0.6) is 5.75 Å². The number of carbonyl (C=O) groups is 1. The van der Waals surface area contributed by atoms with Crippen LogP contribution in [0, 0.1) is 5.92 Å². The molecule has 0 saturated carbocycles. The number of piperazine rings is 1. The first-order valence-corrected chi connectivity index (χ1v) is 10.5. The van der Waals surface area contributed by atoms with Crippen molar-refractivity contribution in [3.63, 3.8) is 0 Å². The summed E-state index contributed by atoms with van der Waals surface area (Å²) in [4.78, 5) is 24.0. The fraction of sp³-hybridized carbons (Fsp3) is 0.478. The summed E-state index contributed by atoms with van der Waals surface area (Å²) < 4.78 is 5.22. The second-order valence-electron chi connectivity index (χ2n) is 8.07. The highest BCUT2D eigenvalue weighted by Gasteiger charge is 2.24. The molecule has 1 aromatic heterocycles. The quantitative estimate of drug-likeness (QED) is 0.796. The van der Waals surface area contributed by atoms with Crippen molar-refractivity contribution in [2.24, 2.45) is 5.92 Å². The predicted molar refractivity (Wildman–Crippen MR) is 116 cm³/mol. The van der Waals surface area contributed by atoms with Crippen LogP contribution in [-0.2, 0) is 0 Å². The number of methoxy groups -OCH3 is 1. The first-order valence-electron chi connectivity index (χ1n) is 10.5. The molecular weight excluding hydrogens is 364 g/mol. The van der Waals surface area contributed by atoms with Gasteiger partial charge in [-0.2, -0.15) is 0 Å². The third-order valence-electron chi connectivity index (χ3n) is 5.99. The number of hydrogen-bond acceptors (Lipinski definition) is 5. The summed E-state index contributed by atoms with van der Waals surface area (Å²) in [5, 5.41) is 0. The molecule has 0 aliphatic carbocycles. The van der Waals surface area contributed by atoms with Gasteiger partial charge in [0.1, 0.15) is 11.4 Å². The van der Waals surface area contributed by atoms with Crippen LogP contribution in [0.3, 0.4) is 0 Å². The molecule has 2 fully saturated rings. The number of carbonyl (C=O) groups excluding carboxylic acids is 1. The molecule has 6 heteroatoms. The van der Waals surface area contributed by atoms with Crippen LogP contribution in [0.4, 0.5) is 11.4 Å². The van der Waals surface area contributed by atoms with Gasteiger partial charge in [-0.05, 0) is 55.2 Å². The maximum atomic E-state index is 12.9. The Hall–Kier alpha value is -2.76. The molecule has 1 atom stereocenters. The van der Waals surface area contributed by atoms with Gasteiger partial charge >= 0.3 is 0 Å². The maximum Gasteiger partial charge on any atom is 0.272 e. The number of piperidine rings is 1. The van der Waals surface area contributed by atoms with Gasteiger partial charge in [-0.3, -0.25) is 4.79 Å². The molecule has 1 amide bonds. The SMILES string of the molecule is COc1ccc(N2CCN(C(=O)c3ccc(N4CCCC(C)C4)cn3)CC2)cc1. The summed E-state index contributed by atoms with van der Waals surface area (Å²) in [7, 11) is 1.67. The van der Waals surface area contributed by atoms with E-state index in [4.69, 9.17) is 4.74 Å². The number of hydrogen-bond donors (Lipinski definition) is 0. The zero-order chi connectivity index (χ0) is 20.2. The molecule has 154 valence electrons. The van der Waals surface area contributed by atoms with Crippen LogP contribution in [0.15, 0.2) is 42.6 Å². The minimum atomic E-state index is 0.0259. The van der Waals surface area contributed by atoms with E-state index in [2.05, 4.69) is 33.8 Å². The van der Waals surface area contributed by atoms with E-state index < -0.39 is 0 Å². The van der Waals surface area contributed by atoms with E-state index in [1.807, 2.05) is 35.4 Å². The van der Waals surface area contributed by atoms with Crippen molar-refractivity contribution in [1.82, 2.24) is 9.88 Å². The summed E-state index contributed by atoms with van der Waals surface area (Å²) in [6.45, 7) is 7.50. The van der Waals surface area contributed by atoms with E-state index >= 15 is 0 Å². The first kappa shape index (κ1) is 19.6. The normalized spacial score (nSPS) is 19.9. The first-order chi connectivity index (χ1) is 14.1. The maximum absolute atomic E-state index is 12.9. The molecule has 2 aromatic rings. The van der Waals surface area contributed by atoms with E-state index in [1.165, 1.54) is 12.8 Å². The number of aromatic nitrogens is 1. The molecule has 2 saturated heterocycles. The van der Waals surface area contributed by atoms with Gasteiger partial charge in [0.25, 0.3) is 5.91 Å². The molecule has 0 radical (unpaired) electrons. The topological polar surface area (TPSA) is 48.9 Å². The summed E-state index contributed by atoms with van der Waals surface area (Å²) in [5.41, 5.74) is 2.82. The Bertz CT molecular complexity index is 814. The standard InChI is InChI=1S/C23H30N4O2/c1-18-4-3-11-27(17-18)20-7-10-22(24-16-20)23(28)26-14-12-25(13-15-26)19-5-8-21(29-2)9-6-19/h5-10,16,18H,3-4,11-15,17H2,1-2H3. The molecule has 3 heterocycles.